The summed E-state index contributed by atoms with van der Waals surface area (Å²) in [4.78, 5) is 15.4. The topological polar surface area (TPSA) is 73.8 Å². The van der Waals surface area contributed by atoms with Crippen LogP contribution in [0.4, 0.5) is 8.78 Å². The molecule has 3 aromatic rings. The lowest BCUT2D eigenvalue weighted by atomic mass is 10.1. The average molecular weight is 294 g/mol. The van der Waals surface area contributed by atoms with Crippen LogP contribution in [0, 0.1) is 0 Å². The van der Waals surface area contributed by atoms with Crippen molar-refractivity contribution in [3.63, 3.8) is 0 Å². The van der Waals surface area contributed by atoms with Crippen LogP contribution >= 0.6 is 11.3 Å². The number of carbonyl (C=O) groups is 1. The lowest BCUT2D eigenvalue weighted by molar-refractivity contribution is 0.0609. The SMILES string of the molecule is NC(=O)c1nn(C(F)F)c2cc(-c3nccs3)ccc12. The van der Waals surface area contributed by atoms with Gasteiger partial charge in [0.1, 0.15) is 5.01 Å². The van der Waals surface area contributed by atoms with Crippen molar-refractivity contribution in [2.45, 2.75) is 6.55 Å². The van der Waals surface area contributed by atoms with Gasteiger partial charge in [-0.3, -0.25) is 4.79 Å². The Hall–Kier alpha value is -2.35. The Morgan fingerprint density at radius 3 is 2.80 bits per heavy atom. The summed E-state index contributed by atoms with van der Waals surface area (Å²) < 4.78 is 26.5. The minimum absolute atomic E-state index is 0.154. The second-order valence-corrected chi connectivity index (χ2v) is 4.90. The number of hydrogen-bond acceptors (Lipinski definition) is 4. The van der Waals surface area contributed by atoms with E-state index < -0.39 is 12.5 Å². The minimum atomic E-state index is -2.85. The first-order chi connectivity index (χ1) is 9.58. The summed E-state index contributed by atoms with van der Waals surface area (Å²) in [5.74, 6) is -0.837. The Morgan fingerprint density at radius 2 is 2.20 bits per heavy atom. The third-order valence-electron chi connectivity index (χ3n) is 2.80. The molecule has 0 aliphatic carbocycles. The van der Waals surface area contributed by atoms with Crippen molar-refractivity contribution in [3.8, 4) is 10.6 Å². The number of rotatable bonds is 3. The van der Waals surface area contributed by atoms with Crippen molar-refractivity contribution >= 4 is 28.1 Å². The van der Waals surface area contributed by atoms with Gasteiger partial charge in [0.15, 0.2) is 5.69 Å². The Balaban J connectivity index is 2.27. The normalized spacial score (nSPS) is 11.3. The van der Waals surface area contributed by atoms with Crippen molar-refractivity contribution in [2.24, 2.45) is 5.73 Å². The molecule has 0 radical (unpaired) electrons. The Kier molecular flexibility index (Phi) is 2.94. The van der Waals surface area contributed by atoms with Crippen molar-refractivity contribution in [3.05, 3.63) is 35.5 Å². The number of halogens is 2. The zero-order chi connectivity index (χ0) is 14.3. The van der Waals surface area contributed by atoms with Gasteiger partial charge in [0.25, 0.3) is 5.91 Å². The number of carbonyl (C=O) groups excluding carboxylic acids is 1. The maximum atomic E-state index is 13.0. The molecular weight excluding hydrogens is 286 g/mol. The van der Waals surface area contributed by atoms with Gasteiger partial charge < -0.3 is 5.73 Å². The molecule has 2 N–H and O–H groups in total. The molecule has 0 aliphatic heterocycles. The van der Waals surface area contributed by atoms with E-state index >= 15 is 0 Å². The van der Waals surface area contributed by atoms with Crippen LogP contribution in [0.25, 0.3) is 21.5 Å². The summed E-state index contributed by atoms with van der Waals surface area (Å²) in [5, 5.41) is 6.38. The zero-order valence-electron chi connectivity index (χ0n) is 9.96. The molecule has 0 saturated heterocycles. The van der Waals surface area contributed by atoms with E-state index in [0.717, 1.165) is 0 Å². The van der Waals surface area contributed by atoms with Crippen LogP contribution in [-0.2, 0) is 0 Å². The highest BCUT2D eigenvalue weighted by Gasteiger charge is 2.20. The van der Waals surface area contributed by atoms with E-state index in [0.29, 0.717) is 20.6 Å². The summed E-state index contributed by atoms with van der Waals surface area (Å²) >= 11 is 1.39. The first-order valence-corrected chi connectivity index (χ1v) is 6.46. The summed E-state index contributed by atoms with van der Waals surface area (Å²) in [5.41, 5.74) is 5.83. The fourth-order valence-electron chi connectivity index (χ4n) is 1.97. The van der Waals surface area contributed by atoms with E-state index in [-0.39, 0.29) is 11.2 Å². The summed E-state index contributed by atoms with van der Waals surface area (Å²) in [6.45, 7) is -2.85. The van der Waals surface area contributed by atoms with Crippen LogP contribution in [0.15, 0.2) is 29.8 Å². The molecule has 102 valence electrons. The monoisotopic (exact) mass is 294 g/mol. The molecular formula is C12H8F2N4OS. The molecule has 8 heteroatoms. The lowest BCUT2D eigenvalue weighted by Crippen LogP contribution is -2.13. The van der Waals surface area contributed by atoms with Gasteiger partial charge >= 0.3 is 6.55 Å². The molecule has 0 fully saturated rings. The highest BCUT2D eigenvalue weighted by atomic mass is 32.1. The number of nitrogens with two attached hydrogens (primary N) is 1. The maximum absolute atomic E-state index is 13.0. The van der Waals surface area contributed by atoms with Crippen molar-refractivity contribution in [1.82, 2.24) is 14.8 Å². The van der Waals surface area contributed by atoms with Gasteiger partial charge in [0.2, 0.25) is 0 Å². The lowest BCUT2D eigenvalue weighted by Gasteiger charge is -2.02. The summed E-state index contributed by atoms with van der Waals surface area (Å²) in [6.07, 6.45) is 1.63. The average Bonchev–Trinajstić information content (AvgIpc) is 3.05. The predicted octanol–water partition coefficient (Wildman–Crippen LogP) is 2.65. The predicted molar refractivity (Wildman–Crippen MR) is 70.6 cm³/mol. The molecule has 0 saturated carbocycles. The highest BCUT2D eigenvalue weighted by molar-refractivity contribution is 7.13. The third-order valence-corrected chi connectivity index (χ3v) is 3.63. The Bertz CT molecular complexity index is 782. The van der Waals surface area contributed by atoms with E-state index in [9.17, 15) is 13.6 Å². The fraction of sp³-hybridized carbons (Fsp3) is 0.0833. The van der Waals surface area contributed by atoms with Gasteiger partial charge in [-0.05, 0) is 12.1 Å². The number of nitrogens with zero attached hydrogens (tertiary/aromatic N) is 3. The first-order valence-electron chi connectivity index (χ1n) is 5.58. The van der Waals surface area contributed by atoms with Crippen LogP contribution < -0.4 is 5.73 Å². The van der Waals surface area contributed by atoms with Crippen molar-refractivity contribution in [1.29, 1.82) is 0 Å². The summed E-state index contributed by atoms with van der Waals surface area (Å²) in [6, 6.07) is 4.78. The van der Waals surface area contributed by atoms with E-state index in [4.69, 9.17) is 5.73 Å². The van der Waals surface area contributed by atoms with Crippen molar-refractivity contribution < 1.29 is 13.6 Å². The largest absolute Gasteiger partial charge is 0.364 e. The molecule has 0 unspecified atom stereocenters. The number of alkyl halides is 2. The van der Waals surface area contributed by atoms with Crippen LogP contribution in [0.5, 0.6) is 0 Å². The van der Waals surface area contributed by atoms with Crippen LogP contribution in [-0.4, -0.2) is 20.7 Å². The van der Waals surface area contributed by atoms with Crippen molar-refractivity contribution in [2.75, 3.05) is 0 Å². The number of primary amides is 1. The molecule has 5 nitrogen and oxygen atoms in total. The molecule has 0 bridgehead atoms. The second kappa shape index (κ2) is 4.64. The summed E-state index contributed by atoms with van der Waals surface area (Å²) in [7, 11) is 0. The number of thiazole rings is 1. The molecule has 3 rings (SSSR count). The maximum Gasteiger partial charge on any atom is 0.333 e. The zero-order valence-corrected chi connectivity index (χ0v) is 10.8. The Labute approximate surface area is 115 Å². The van der Waals surface area contributed by atoms with Gasteiger partial charge in [0, 0.05) is 22.5 Å². The van der Waals surface area contributed by atoms with E-state index in [1.807, 2.05) is 0 Å². The number of aromatic nitrogens is 3. The quantitative estimate of drug-likeness (QED) is 0.807. The van der Waals surface area contributed by atoms with E-state index in [2.05, 4.69) is 10.1 Å². The number of fused-ring (bicyclic) bond motifs is 1. The van der Waals surface area contributed by atoms with Gasteiger partial charge in [0.05, 0.1) is 5.52 Å². The number of amides is 1. The molecule has 0 aliphatic rings. The van der Waals surface area contributed by atoms with Gasteiger partial charge in [-0.1, -0.05) is 6.07 Å². The molecule has 1 amide bonds. The fourth-order valence-corrected chi connectivity index (χ4v) is 2.60. The van der Waals surface area contributed by atoms with Gasteiger partial charge in [-0.2, -0.15) is 13.9 Å². The van der Waals surface area contributed by atoms with E-state index in [1.54, 1.807) is 23.7 Å². The second-order valence-electron chi connectivity index (χ2n) is 4.00. The molecule has 20 heavy (non-hydrogen) atoms. The Morgan fingerprint density at radius 1 is 1.40 bits per heavy atom. The smallest absolute Gasteiger partial charge is 0.333 e. The molecule has 2 heterocycles. The van der Waals surface area contributed by atoms with Crippen LogP contribution in [0.1, 0.15) is 17.0 Å². The molecule has 1 aromatic carbocycles. The van der Waals surface area contributed by atoms with Gasteiger partial charge in [-0.25, -0.2) is 9.67 Å². The molecule has 0 atom stereocenters. The molecule has 0 spiro atoms. The number of hydrogen-bond donors (Lipinski definition) is 1. The highest BCUT2D eigenvalue weighted by Crippen LogP contribution is 2.29. The van der Waals surface area contributed by atoms with E-state index in [1.165, 1.54) is 17.4 Å². The molecule has 2 aromatic heterocycles. The van der Waals surface area contributed by atoms with Crippen LogP contribution in [0.2, 0.25) is 0 Å². The third kappa shape index (κ3) is 1.94. The number of benzene rings is 1. The van der Waals surface area contributed by atoms with Gasteiger partial charge in [-0.15, -0.1) is 11.3 Å². The minimum Gasteiger partial charge on any atom is -0.364 e. The van der Waals surface area contributed by atoms with Crippen LogP contribution in [0.3, 0.4) is 0 Å². The first kappa shape index (κ1) is 12.7. The standard InChI is InChI=1S/C12H8F2N4OS/c13-12(14)18-8-5-6(11-16-3-4-20-11)1-2-7(8)9(17-18)10(15)19/h1-5,12H,(H2,15,19).